The molecule has 0 aromatic heterocycles. The molecule has 1 heterocycles. The smallest absolute Gasteiger partial charge is 0.248 e. The molecular weight excluding hydrogens is 240 g/mol. The number of halogens is 1. The number of nitrogens with two attached hydrogens (primary N) is 1. The lowest BCUT2D eigenvalue weighted by Crippen LogP contribution is -2.41. The fourth-order valence-corrected chi connectivity index (χ4v) is 2.11. The average Bonchev–Trinajstić information content (AvgIpc) is 3.13. The highest BCUT2D eigenvalue weighted by Crippen LogP contribution is 2.28. The van der Waals surface area contributed by atoms with Gasteiger partial charge in [-0.3, -0.25) is 4.79 Å². The molecule has 1 aliphatic carbocycles. The first-order valence-electron chi connectivity index (χ1n) is 6.35. The molecule has 0 aromatic carbocycles. The number of ether oxygens (including phenoxy) is 1. The van der Waals surface area contributed by atoms with Crippen LogP contribution in [0.25, 0.3) is 0 Å². The lowest BCUT2D eigenvalue weighted by molar-refractivity contribution is -0.137. The molecule has 0 radical (unpaired) electrons. The van der Waals surface area contributed by atoms with E-state index in [9.17, 15) is 4.79 Å². The van der Waals surface area contributed by atoms with Gasteiger partial charge in [-0.05, 0) is 44.1 Å². The summed E-state index contributed by atoms with van der Waals surface area (Å²) in [6.45, 7) is 3.50. The summed E-state index contributed by atoms with van der Waals surface area (Å²) in [6.07, 6.45) is 4.64. The van der Waals surface area contributed by atoms with E-state index in [1.54, 1.807) is 0 Å². The van der Waals surface area contributed by atoms with Gasteiger partial charge in [-0.1, -0.05) is 0 Å². The summed E-state index contributed by atoms with van der Waals surface area (Å²) >= 11 is 0. The van der Waals surface area contributed by atoms with E-state index in [-0.39, 0.29) is 24.9 Å². The van der Waals surface area contributed by atoms with Gasteiger partial charge in [0, 0.05) is 13.1 Å². The maximum absolute atomic E-state index is 11.8. The Bertz CT molecular complexity index is 239. The molecular formula is C12H23ClN2O2. The number of carbonyl (C=O) groups is 1. The van der Waals surface area contributed by atoms with Crippen molar-refractivity contribution < 1.29 is 9.53 Å². The van der Waals surface area contributed by atoms with E-state index in [2.05, 4.69) is 0 Å². The maximum Gasteiger partial charge on any atom is 0.248 e. The highest BCUT2D eigenvalue weighted by molar-refractivity contribution is 5.85. The van der Waals surface area contributed by atoms with E-state index in [4.69, 9.17) is 10.5 Å². The number of hydrogen-bond acceptors (Lipinski definition) is 3. The van der Waals surface area contributed by atoms with Crippen molar-refractivity contribution in [3.8, 4) is 0 Å². The second-order valence-corrected chi connectivity index (χ2v) is 5.02. The van der Waals surface area contributed by atoms with Crippen molar-refractivity contribution in [1.82, 2.24) is 4.90 Å². The first-order chi connectivity index (χ1) is 7.79. The summed E-state index contributed by atoms with van der Waals surface area (Å²) in [4.78, 5) is 13.7. The van der Waals surface area contributed by atoms with Gasteiger partial charge in [-0.25, -0.2) is 0 Å². The van der Waals surface area contributed by atoms with E-state index in [0.29, 0.717) is 5.92 Å². The van der Waals surface area contributed by atoms with Crippen molar-refractivity contribution in [2.75, 3.05) is 32.8 Å². The number of likely N-dealkylation sites (tertiary alicyclic amines) is 1. The molecule has 1 amide bonds. The van der Waals surface area contributed by atoms with Crippen LogP contribution in [0.15, 0.2) is 0 Å². The molecule has 2 N–H and O–H groups in total. The van der Waals surface area contributed by atoms with Crippen molar-refractivity contribution >= 4 is 18.3 Å². The lowest BCUT2D eigenvalue weighted by atomic mass is 9.97. The van der Waals surface area contributed by atoms with Crippen LogP contribution in [0.1, 0.15) is 25.7 Å². The molecule has 4 nitrogen and oxygen atoms in total. The summed E-state index contributed by atoms with van der Waals surface area (Å²) in [7, 11) is 0. The number of rotatable bonds is 5. The Kier molecular flexibility index (Phi) is 6.23. The zero-order valence-corrected chi connectivity index (χ0v) is 11.1. The summed E-state index contributed by atoms with van der Waals surface area (Å²) < 4.78 is 5.41. The van der Waals surface area contributed by atoms with Crippen LogP contribution in [0.2, 0.25) is 0 Å². The predicted octanol–water partition coefficient (Wildman–Crippen LogP) is 1.03. The predicted molar refractivity (Wildman–Crippen MR) is 69.1 cm³/mol. The minimum absolute atomic E-state index is 0. The topological polar surface area (TPSA) is 55.6 Å². The normalized spacial score (nSPS) is 21.1. The number of amides is 1. The molecule has 0 atom stereocenters. The molecule has 1 saturated heterocycles. The number of hydrogen-bond donors (Lipinski definition) is 1. The van der Waals surface area contributed by atoms with Crippen LogP contribution in [-0.4, -0.2) is 43.7 Å². The molecule has 0 aromatic rings. The third-order valence-electron chi connectivity index (χ3n) is 3.58. The Labute approximate surface area is 109 Å². The van der Waals surface area contributed by atoms with Crippen LogP contribution in [0.3, 0.4) is 0 Å². The Morgan fingerprint density at radius 1 is 1.18 bits per heavy atom. The third kappa shape index (κ3) is 4.82. The standard InChI is InChI=1S/C12H22N2O2.ClH/c13-7-10-3-5-14(6-4-10)12(15)9-16-8-11-1-2-11;/h10-11H,1-9,13H2;1H. The number of carbonyl (C=O) groups excluding carboxylic acids is 1. The van der Waals surface area contributed by atoms with Crippen LogP contribution < -0.4 is 5.73 Å². The SMILES string of the molecule is Cl.NCC1CCN(C(=O)COCC2CC2)CC1. The first-order valence-corrected chi connectivity index (χ1v) is 6.35. The van der Waals surface area contributed by atoms with Crippen molar-refractivity contribution in [3.05, 3.63) is 0 Å². The Morgan fingerprint density at radius 3 is 2.35 bits per heavy atom. The van der Waals surface area contributed by atoms with Gasteiger partial charge in [-0.15, -0.1) is 12.4 Å². The Balaban J connectivity index is 0.00000144. The second kappa shape index (κ2) is 7.19. The molecule has 1 aliphatic heterocycles. The summed E-state index contributed by atoms with van der Waals surface area (Å²) in [6, 6.07) is 0. The van der Waals surface area contributed by atoms with E-state index in [0.717, 1.165) is 45.0 Å². The highest BCUT2D eigenvalue weighted by Gasteiger charge is 2.24. The van der Waals surface area contributed by atoms with Gasteiger partial charge < -0.3 is 15.4 Å². The summed E-state index contributed by atoms with van der Waals surface area (Å²) in [5, 5.41) is 0. The number of piperidine rings is 1. The minimum Gasteiger partial charge on any atom is -0.371 e. The molecule has 0 spiro atoms. The Hall–Kier alpha value is -0.320. The largest absolute Gasteiger partial charge is 0.371 e. The molecule has 1 saturated carbocycles. The third-order valence-corrected chi connectivity index (χ3v) is 3.58. The Morgan fingerprint density at radius 2 is 1.82 bits per heavy atom. The maximum atomic E-state index is 11.8. The van der Waals surface area contributed by atoms with Gasteiger partial charge in [0.15, 0.2) is 0 Å². The van der Waals surface area contributed by atoms with Gasteiger partial charge in [-0.2, -0.15) is 0 Å². The molecule has 2 aliphatic rings. The van der Waals surface area contributed by atoms with Crippen molar-refractivity contribution in [2.24, 2.45) is 17.6 Å². The quantitative estimate of drug-likeness (QED) is 0.805. The lowest BCUT2D eigenvalue weighted by Gasteiger charge is -2.31. The fourth-order valence-electron chi connectivity index (χ4n) is 2.11. The molecule has 0 unspecified atom stereocenters. The van der Waals surface area contributed by atoms with Crippen molar-refractivity contribution in [2.45, 2.75) is 25.7 Å². The molecule has 5 heteroatoms. The van der Waals surface area contributed by atoms with Gasteiger partial charge in [0.05, 0.1) is 6.61 Å². The van der Waals surface area contributed by atoms with Gasteiger partial charge in [0.25, 0.3) is 0 Å². The van der Waals surface area contributed by atoms with Crippen molar-refractivity contribution in [1.29, 1.82) is 0 Å². The summed E-state index contributed by atoms with van der Waals surface area (Å²) in [5.74, 6) is 1.49. The van der Waals surface area contributed by atoms with E-state index in [1.165, 1.54) is 12.8 Å². The van der Waals surface area contributed by atoms with Gasteiger partial charge in [0.2, 0.25) is 5.91 Å². The van der Waals surface area contributed by atoms with Crippen LogP contribution in [0, 0.1) is 11.8 Å². The summed E-state index contributed by atoms with van der Waals surface area (Å²) in [5.41, 5.74) is 5.62. The minimum atomic E-state index is 0. The molecule has 2 rings (SSSR count). The van der Waals surface area contributed by atoms with Crippen LogP contribution in [-0.2, 0) is 9.53 Å². The average molecular weight is 263 g/mol. The van der Waals surface area contributed by atoms with Crippen LogP contribution in [0.4, 0.5) is 0 Å². The fraction of sp³-hybridized carbons (Fsp3) is 0.917. The van der Waals surface area contributed by atoms with Gasteiger partial charge >= 0.3 is 0 Å². The molecule has 0 bridgehead atoms. The van der Waals surface area contributed by atoms with E-state index in [1.807, 2.05) is 4.90 Å². The van der Waals surface area contributed by atoms with Crippen molar-refractivity contribution in [3.63, 3.8) is 0 Å². The zero-order chi connectivity index (χ0) is 11.4. The van der Waals surface area contributed by atoms with Crippen LogP contribution >= 0.6 is 12.4 Å². The van der Waals surface area contributed by atoms with E-state index >= 15 is 0 Å². The zero-order valence-electron chi connectivity index (χ0n) is 10.3. The molecule has 17 heavy (non-hydrogen) atoms. The number of nitrogens with zero attached hydrogens (tertiary/aromatic N) is 1. The van der Waals surface area contributed by atoms with E-state index < -0.39 is 0 Å². The monoisotopic (exact) mass is 262 g/mol. The highest BCUT2D eigenvalue weighted by atomic mass is 35.5. The first kappa shape index (κ1) is 14.7. The second-order valence-electron chi connectivity index (χ2n) is 5.02. The van der Waals surface area contributed by atoms with Gasteiger partial charge in [0.1, 0.15) is 6.61 Å². The van der Waals surface area contributed by atoms with Crippen LogP contribution in [0.5, 0.6) is 0 Å². The molecule has 2 fully saturated rings. The molecule has 100 valence electrons.